The topological polar surface area (TPSA) is 45.2 Å². The van der Waals surface area contributed by atoms with Gasteiger partial charge < -0.3 is 5.32 Å². The van der Waals surface area contributed by atoms with Gasteiger partial charge in [0.2, 0.25) is 5.91 Å². The molecule has 1 aromatic carbocycles. The molecule has 1 aliphatic carbocycles. The third-order valence-corrected chi connectivity index (χ3v) is 6.66. The molecule has 0 saturated carbocycles. The Labute approximate surface area is 167 Å². The van der Waals surface area contributed by atoms with Gasteiger partial charge in [-0.15, -0.1) is 0 Å². The first-order valence-corrected chi connectivity index (χ1v) is 10.3. The first-order chi connectivity index (χ1) is 13.4. The van der Waals surface area contributed by atoms with E-state index in [4.69, 9.17) is 0 Å². The van der Waals surface area contributed by atoms with Gasteiger partial charge in [-0.2, -0.15) is 0 Å². The maximum atomic E-state index is 13.2. The van der Waals surface area contributed by atoms with Crippen LogP contribution in [0.25, 0.3) is 10.9 Å². The highest BCUT2D eigenvalue weighted by atomic mass is 16.2. The number of fused-ring (bicyclic) bond motifs is 1. The summed E-state index contributed by atoms with van der Waals surface area (Å²) in [5.74, 6) is 0.0887. The molecule has 4 nitrogen and oxygen atoms in total. The molecule has 1 aromatic heterocycles. The first-order valence-electron chi connectivity index (χ1n) is 10.3. The Morgan fingerprint density at radius 2 is 2.14 bits per heavy atom. The van der Waals surface area contributed by atoms with Crippen LogP contribution in [0.15, 0.2) is 59.3 Å². The number of benzene rings is 1. The van der Waals surface area contributed by atoms with Crippen molar-refractivity contribution in [2.75, 3.05) is 11.9 Å². The second kappa shape index (κ2) is 7.17. The van der Waals surface area contributed by atoms with E-state index in [1.54, 1.807) is 6.20 Å². The van der Waals surface area contributed by atoms with Crippen LogP contribution in [-0.4, -0.2) is 33.9 Å². The van der Waals surface area contributed by atoms with E-state index < -0.39 is 0 Å². The minimum Gasteiger partial charge on any atom is -0.325 e. The quantitative estimate of drug-likeness (QED) is 0.810. The average molecular weight is 376 g/mol. The van der Waals surface area contributed by atoms with Crippen LogP contribution in [0, 0.1) is 0 Å². The number of allylic oxidation sites excluding steroid dienone is 2. The number of hydrogen-bond donors (Lipinski definition) is 1. The zero-order valence-electron chi connectivity index (χ0n) is 17.2. The smallest absolute Gasteiger partial charge is 0.241 e. The fraction of sp³-hybridized carbons (Fsp3) is 0.417. The van der Waals surface area contributed by atoms with Crippen LogP contribution in [0.1, 0.15) is 47.0 Å². The van der Waals surface area contributed by atoms with E-state index in [9.17, 15) is 4.79 Å². The lowest BCUT2D eigenvalue weighted by atomic mass is 9.92. The number of nitrogens with zero attached hydrogens (tertiary/aromatic N) is 2. The van der Waals surface area contributed by atoms with Gasteiger partial charge in [-0.05, 0) is 81.0 Å². The maximum Gasteiger partial charge on any atom is 0.241 e. The van der Waals surface area contributed by atoms with Crippen molar-refractivity contribution in [1.29, 1.82) is 0 Å². The molecule has 1 unspecified atom stereocenters. The molecule has 146 valence electrons. The number of likely N-dealkylation sites (tertiary alicyclic amines) is 1. The standard InChI is InChI=1S/C24H29N3O/c1-5-18-15-24(4,17(3)16(18)2)27-13-7-9-22(27)23(28)26-20-10-11-21-19(14-20)8-6-12-25-21/h6,8,10-12,14-15,22H,5,7,9,13H2,1-4H3,(H,26,28)/t22?,24-/m1/s1. The molecule has 1 aliphatic heterocycles. The van der Waals surface area contributed by atoms with Gasteiger partial charge in [0.25, 0.3) is 0 Å². The van der Waals surface area contributed by atoms with Crippen LogP contribution < -0.4 is 5.32 Å². The Morgan fingerprint density at radius 3 is 2.89 bits per heavy atom. The summed E-state index contributed by atoms with van der Waals surface area (Å²) in [5.41, 5.74) is 5.78. The number of aromatic nitrogens is 1. The fourth-order valence-electron chi connectivity index (χ4n) is 4.82. The van der Waals surface area contributed by atoms with Gasteiger partial charge in [-0.3, -0.25) is 14.7 Å². The summed E-state index contributed by atoms with van der Waals surface area (Å²) in [6, 6.07) is 9.73. The number of anilines is 1. The number of carbonyl (C=O) groups is 1. The Bertz CT molecular complexity index is 990. The van der Waals surface area contributed by atoms with Crippen molar-refractivity contribution in [2.45, 2.75) is 58.5 Å². The van der Waals surface area contributed by atoms with E-state index in [1.165, 1.54) is 16.7 Å². The van der Waals surface area contributed by atoms with Crippen LogP contribution in [0.2, 0.25) is 0 Å². The van der Waals surface area contributed by atoms with E-state index >= 15 is 0 Å². The molecule has 1 N–H and O–H groups in total. The third kappa shape index (κ3) is 3.06. The predicted octanol–water partition coefficient (Wildman–Crippen LogP) is 5.08. The molecule has 2 heterocycles. The Kier molecular flexibility index (Phi) is 4.84. The number of amides is 1. The summed E-state index contributed by atoms with van der Waals surface area (Å²) < 4.78 is 0. The van der Waals surface area contributed by atoms with E-state index in [0.29, 0.717) is 0 Å². The highest BCUT2D eigenvalue weighted by Gasteiger charge is 2.44. The Balaban J connectivity index is 1.58. The van der Waals surface area contributed by atoms with Gasteiger partial charge in [0.15, 0.2) is 0 Å². The van der Waals surface area contributed by atoms with Crippen LogP contribution in [0.3, 0.4) is 0 Å². The van der Waals surface area contributed by atoms with Gasteiger partial charge in [0, 0.05) is 23.8 Å². The summed E-state index contributed by atoms with van der Waals surface area (Å²) >= 11 is 0. The SMILES string of the molecule is CCC1=C[C@@](C)(N2CCCC2C(=O)Nc2ccc3ncccc3c2)C(C)=C1C. The van der Waals surface area contributed by atoms with Crippen LogP contribution in [0.5, 0.6) is 0 Å². The summed E-state index contributed by atoms with van der Waals surface area (Å²) in [4.78, 5) is 19.9. The molecule has 0 spiro atoms. The molecule has 0 radical (unpaired) electrons. The normalized spacial score (nSPS) is 25.4. The lowest BCUT2D eigenvalue weighted by Gasteiger charge is -2.39. The lowest BCUT2D eigenvalue weighted by Crippen LogP contribution is -2.51. The maximum absolute atomic E-state index is 13.2. The third-order valence-electron chi connectivity index (χ3n) is 6.66. The molecule has 1 fully saturated rings. The van der Waals surface area contributed by atoms with Crippen molar-refractivity contribution < 1.29 is 4.79 Å². The number of pyridine rings is 1. The molecule has 1 saturated heterocycles. The van der Waals surface area contributed by atoms with E-state index in [1.807, 2.05) is 30.3 Å². The van der Waals surface area contributed by atoms with Crippen LogP contribution >= 0.6 is 0 Å². The van der Waals surface area contributed by atoms with Crippen molar-refractivity contribution in [1.82, 2.24) is 9.88 Å². The summed E-state index contributed by atoms with van der Waals surface area (Å²) in [6.45, 7) is 9.86. The second-order valence-corrected chi connectivity index (χ2v) is 8.17. The molecule has 28 heavy (non-hydrogen) atoms. The highest BCUT2D eigenvalue weighted by molar-refractivity contribution is 5.97. The summed E-state index contributed by atoms with van der Waals surface area (Å²) in [6.07, 6.45) is 7.16. The van der Waals surface area contributed by atoms with Gasteiger partial charge in [-0.25, -0.2) is 0 Å². The van der Waals surface area contributed by atoms with Gasteiger partial charge in [0.1, 0.15) is 0 Å². The molecular formula is C24H29N3O. The van der Waals surface area contributed by atoms with Gasteiger partial charge in [-0.1, -0.05) is 19.1 Å². The van der Waals surface area contributed by atoms with Gasteiger partial charge in [0.05, 0.1) is 17.1 Å². The van der Waals surface area contributed by atoms with Gasteiger partial charge >= 0.3 is 0 Å². The van der Waals surface area contributed by atoms with E-state index in [0.717, 1.165) is 42.4 Å². The summed E-state index contributed by atoms with van der Waals surface area (Å²) in [5, 5.41) is 4.19. The average Bonchev–Trinajstić information content (AvgIpc) is 3.28. The molecular weight excluding hydrogens is 346 g/mol. The Morgan fingerprint density at radius 1 is 1.32 bits per heavy atom. The molecule has 4 rings (SSSR count). The van der Waals surface area contributed by atoms with E-state index in [-0.39, 0.29) is 17.5 Å². The number of carbonyl (C=O) groups excluding carboxylic acids is 1. The van der Waals surface area contributed by atoms with Crippen molar-refractivity contribution in [3.8, 4) is 0 Å². The molecule has 1 amide bonds. The minimum atomic E-state index is -0.165. The predicted molar refractivity (Wildman–Crippen MR) is 115 cm³/mol. The second-order valence-electron chi connectivity index (χ2n) is 8.17. The largest absolute Gasteiger partial charge is 0.325 e. The molecule has 2 aromatic rings. The van der Waals surface area contributed by atoms with Crippen molar-refractivity contribution >= 4 is 22.5 Å². The Hall–Kier alpha value is -2.46. The van der Waals surface area contributed by atoms with Crippen molar-refractivity contribution in [2.24, 2.45) is 0 Å². The number of rotatable bonds is 4. The van der Waals surface area contributed by atoms with Crippen molar-refractivity contribution in [3.05, 3.63) is 59.3 Å². The number of hydrogen-bond acceptors (Lipinski definition) is 3. The van der Waals surface area contributed by atoms with Crippen LogP contribution in [0.4, 0.5) is 5.69 Å². The molecule has 2 atom stereocenters. The van der Waals surface area contributed by atoms with Crippen molar-refractivity contribution in [3.63, 3.8) is 0 Å². The fourth-order valence-corrected chi connectivity index (χ4v) is 4.82. The molecule has 4 heteroatoms. The van der Waals surface area contributed by atoms with E-state index in [2.05, 4.69) is 49.0 Å². The monoisotopic (exact) mass is 375 g/mol. The lowest BCUT2D eigenvalue weighted by molar-refractivity contribution is -0.121. The zero-order valence-corrected chi connectivity index (χ0v) is 17.2. The first kappa shape index (κ1) is 18.9. The number of nitrogens with one attached hydrogen (secondary N) is 1. The highest BCUT2D eigenvalue weighted by Crippen LogP contribution is 2.42. The molecule has 2 aliphatic rings. The summed E-state index contributed by atoms with van der Waals surface area (Å²) in [7, 11) is 0. The zero-order chi connectivity index (χ0) is 19.9. The van der Waals surface area contributed by atoms with Crippen LogP contribution in [-0.2, 0) is 4.79 Å². The molecule has 0 bridgehead atoms. The minimum absolute atomic E-state index is 0.0887.